The van der Waals surface area contributed by atoms with E-state index in [9.17, 15) is 9.59 Å². The summed E-state index contributed by atoms with van der Waals surface area (Å²) in [4.78, 5) is 29.6. The van der Waals surface area contributed by atoms with Gasteiger partial charge in [0.05, 0.1) is 5.60 Å². The number of hydrogen-bond acceptors (Lipinski definition) is 5. The number of amides is 1. The standard InChI is InChI=1S/C12H18N2O5/c1-12(18-2)4-3-5-14(7-12)10(15)9-6-8(11(16)17)13-19-9/h9H,3-7H2,1-2H3,(H,16,17). The predicted octanol–water partition coefficient (Wildman–Crippen LogP) is 0.243. The maximum Gasteiger partial charge on any atom is 0.353 e. The highest BCUT2D eigenvalue weighted by atomic mass is 16.6. The van der Waals surface area contributed by atoms with Gasteiger partial charge in [0.1, 0.15) is 0 Å². The van der Waals surface area contributed by atoms with Crippen molar-refractivity contribution in [1.29, 1.82) is 0 Å². The highest BCUT2D eigenvalue weighted by Gasteiger charge is 2.39. The van der Waals surface area contributed by atoms with E-state index in [0.717, 1.165) is 12.8 Å². The van der Waals surface area contributed by atoms with Crippen LogP contribution in [0, 0.1) is 0 Å². The molecule has 0 aromatic heterocycles. The molecule has 0 saturated carbocycles. The molecule has 2 rings (SSSR count). The van der Waals surface area contributed by atoms with Crippen LogP contribution in [0.2, 0.25) is 0 Å². The molecular weight excluding hydrogens is 252 g/mol. The monoisotopic (exact) mass is 270 g/mol. The van der Waals surface area contributed by atoms with E-state index in [0.29, 0.717) is 13.1 Å². The van der Waals surface area contributed by atoms with Crippen LogP contribution in [0.15, 0.2) is 5.16 Å². The molecule has 0 bridgehead atoms. The second kappa shape index (κ2) is 5.16. The minimum atomic E-state index is -1.14. The average molecular weight is 270 g/mol. The quantitative estimate of drug-likeness (QED) is 0.793. The number of likely N-dealkylation sites (tertiary alicyclic amines) is 1. The Morgan fingerprint density at radius 2 is 2.32 bits per heavy atom. The van der Waals surface area contributed by atoms with Gasteiger partial charge >= 0.3 is 5.97 Å². The molecule has 1 saturated heterocycles. The normalized spacial score (nSPS) is 30.7. The van der Waals surface area contributed by atoms with Crippen LogP contribution in [-0.4, -0.2) is 59.5 Å². The SMILES string of the molecule is COC1(C)CCCN(C(=O)C2CC(C(=O)O)=NO2)C1. The van der Waals surface area contributed by atoms with Gasteiger partial charge in [-0.15, -0.1) is 0 Å². The Morgan fingerprint density at radius 3 is 2.89 bits per heavy atom. The third-order valence-electron chi connectivity index (χ3n) is 3.65. The topological polar surface area (TPSA) is 88.4 Å². The molecule has 1 N–H and O–H groups in total. The molecule has 1 amide bonds. The Labute approximate surface area is 111 Å². The lowest BCUT2D eigenvalue weighted by Crippen LogP contribution is -2.52. The van der Waals surface area contributed by atoms with Crippen LogP contribution in [0.1, 0.15) is 26.2 Å². The van der Waals surface area contributed by atoms with Gasteiger partial charge in [0.25, 0.3) is 5.91 Å². The predicted molar refractivity (Wildman–Crippen MR) is 65.8 cm³/mol. The second-order valence-electron chi connectivity index (χ2n) is 5.16. The lowest BCUT2D eigenvalue weighted by atomic mass is 9.94. The number of piperidine rings is 1. The highest BCUT2D eigenvalue weighted by molar-refractivity contribution is 6.36. The third-order valence-corrected chi connectivity index (χ3v) is 3.65. The molecule has 0 spiro atoms. The molecule has 2 unspecified atom stereocenters. The average Bonchev–Trinajstić information content (AvgIpc) is 2.87. The number of rotatable bonds is 3. The van der Waals surface area contributed by atoms with Crippen LogP contribution in [0.25, 0.3) is 0 Å². The maximum atomic E-state index is 12.3. The van der Waals surface area contributed by atoms with Crippen LogP contribution in [-0.2, 0) is 19.2 Å². The van der Waals surface area contributed by atoms with Gasteiger partial charge in [-0.2, -0.15) is 0 Å². The van der Waals surface area contributed by atoms with Crippen molar-refractivity contribution in [2.75, 3.05) is 20.2 Å². The first-order valence-electron chi connectivity index (χ1n) is 6.25. The summed E-state index contributed by atoms with van der Waals surface area (Å²) in [5, 5.41) is 12.2. The Balaban J connectivity index is 1.96. The lowest BCUT2D eigenvalue weighted by molar-refractivity contribution is -0.149. The van der Waals surface area contributed by atoms with Gasteiger partial charge in [0, 0.05) is 26.6 Å². The van der Waals surface area contributed by atoms with Crippen molar-refractivity contribution in [1.82, 2.24) is 4.90 Å². The second-order valence-corrected chi connectivity index (χ2v) is 5.16. The fourth-order valence-electron chi connectivity index (χ4n) is 2.40. The van der Waals surface area contributed by atoms with E-state index in [4.69, 9.17) is 14.7 Å². The molecule has 0 aromatic carbocycles. The van der Waals surface area contributed by atoms with Crippen LogP contribution >= 0.6 is 0 Å². The van der Waals surface area contributed by atoms with Gasteiger partial charge < -0.3 is 19.6 Å². The largest absolute Gasteiger partial charge is 0.477 e. The summed E-state index contributed by atoms with van der Waals surface area (Å²) in [7, 11) is 1.63. The summed E-state index contributed by atoms with van der Waals surface area (Å²) in [5.74, 6) is -1.36. The van der Waals surface area contributed by atoms with Crippen molar-refractivity contribution in [2.24, 2.45) is 5.16 Å². The van der Waals surface area contributed by atoms with Crippen molar-refractivity contribution in [2.45, 2.75) is 37.9 Å². The van der Waals surface area contributed by atoms with E-state index in [1.807, 2.05) is 6.92 Å². The Bertz CT molecular complexity index is 422. The molecule has 19 heavy (non-hydrogen) atoms. The summed E-state index contributed by atoms with van der Waals surface area (Å²) >= 11 is 0. The first-order valence-corrected chi connectivity index (χ1v) is 6.25. The number of nitrogens with zero attached hydrogens (tertiary/aromatic N) is 2. The summed E-state index contributed by atoms with van der Waals surface area (Å²) in [6, 6.07) is 0. The zero-order valence-corrected chi connectivity index (χ0v) is 11.1. The third kappa shape index (κ3) is 2.86. The van der Waals surface area contributed by atoms with Gasteiger partial charge in [-0.25, -0.2) is 4.79 Å². The molecule has 106 valence electrons. The van der Waals surface area contributed by atoms with E-state index < -0.39 is 12.1 Å². The van der Waals surface area contributed by atoms with E-state index in [1.165, 1.54) is 0 Å². The minimum Gasteiger partial charge on any atom is -0.477 e. The van der Waals surface area contributed by atoms with Crippen LogP contribution < -0.4 is 0 Å². The number of carboxylic acids is 1. The zero-order chi connectivity index (χ0) is 14.0. The van der Waals surface area contributed by atoms with Gasteiger partial charge in [0.2, 0.25) is 6.10 Å². The Morgan fingerprint density at radius 1 is 1.58 bits per heavy atom. The maximum absolute atomic E-state index is 12.3. The number of ether oxygens (including phenoxy) is 1. The molecular formula is C12H18N2O5. The van der Waals surface area contributed by atoms with Gasteiger partial charge in [0.15, 0.2) is 5.71 Å². The molecule has 0 aliphatic carbocycles. The van der Waals surface area contributed by atoms with Gasteiger partial charge in [-0.1, -0.05) is 5.16 Å². The zero-order valence-electron chi connectivity index (χ0n) is 11.1. The van der Waals surface area contributed by atoms with Crippen molar-refractivity contribution in [3.63, 3.8) is 0 Å². The van der Waals surface area contributed by atoms with Crippen LogP contribution in [0.3, 0.4) is 0 Å². The number of carboxylic acid groups (broad SMARTS) is 1. The Hall–Kier alpha value is -1.63. The molecule has 7 heteroatoms. The molecule has 7 nitrogen and oxygen atoms in total. The number of carbonyl (C=O) groups is 2. The molecule has 2 aliphatic rings. The highest BCUT2D eigenvalue weighted by Crippen LogP contribution is 2.25. The molecule has 0 aromatic rings. The summed E-state index contributed by atoms with van der Waals surface area (Å²) in [6.45, 7) is 3.09. The number of carbonyl (C=O) groups excluding carboxylic acids is 1. The number of hydrogen-bond donors (Lipinski definition) is 1. The molecule has 2 atom stereocenters. The molecule has 0 radical (unpaired) electrons. The molecule has 2 aliphatic heterocycles. The smallest absolute Gasteiger partial charge is 0.353 e. The van der Waals surface area contributed by atoms with Crippen molar-refractivity contribution < 1.29 is 24.3 Å². The van der Waals surface area contributed by atoms with Crippen molar-refractivity contribution >= 4 is 17.6 Å². The van der Waals surface area contributed by atoms with Crippen molar-refractivity contribution in [3.05, 3.63) is 0 Å². The molecule has 2 heterocycles. The van der Waals surface area contributed by atoms with Gasteiger partial charge in [-0.3, -0.25) is 4.79 Å². The molecule has 1 fully saturated rings. The first-order chi connectivity index (χ1) is 8.95. The Kier molecular flexibility index (Phi) is 3.75. The van der Waals surface area contributed by atoms with E-state index in [2.05, 4.69) is 5.16 Å². The van der Waals surface area contributed by atoms with Crippen LogP contribution in [0.5, 0.6) is 0 Å². The number of aliphatic carboxylic acids is 1. The number of oxime groups is 1. The summed E-state index contributed by atoms with van der Waals surface area (Å²) in [5.41, 5.74) is -0.451. The number of methoxy groups -OCH3 is 1. The van der Waals surface area contributed by atoms with E-state index in [1.54, 1.807) is 12.0 Å². The van der Waals surface area contributed by atoms with E-state index in [-0.39, 0.29) is 23.6 Å². The summed E-state index contributed by atoms with van der Waals surface area (Å²) < 4.78 is 5.42. The fraction of sp³-hybridized carbons (Fsp3) is 0.750. The first kappa shape index (κ1) is 13.8. The van der Waals surface area contributed by atoms with Crippen molar-refractivity contribution in [3.8, 4) is 0 Å². The summed E-state index contributed by atoms with van der Waals surface area (Å²) in [6.07, 6.45) is 0.963. The fourth-order valence-corrected chi connectivity index (χ4v) is 2.40. The minimum absolute atomic E-state index is 0.0222. The van der Waals surface area contributed by atoms with E-state index >= 15 is 0 Å². The lowest BCUT2D eigenvalue weighted by Gasteiger charge is -2.39. The van der Waals surface area contributed by atoms with Crippen LogP contribution in [0.4, 0.5) is 0 Å². The van der Waals surface area contributed by atoms with Gasteiger partial charge in [-0.05, 0) is 19.8 Å².